The molecule has 0 aliphatic heterocycles. The van der Waals surface area contributed by atoms with Crippen molar-refractivity contribution in [1.82, 2.24) is 0 Å². The molecule has 0 amide bonds. The zero-order valence-corrected chi connectivity index (χ0v) is 9.39. The van der Waals surface area contributed by atoms with E-state index in [1.54, 1.807) is 24.3 Å². The molecule has 1 rings (SSSR count). The lowest BCUT2D eigenvalue weighted by molar-refractivity contribution is -0.146. The molecular weight excluding hydrogens is 244 g/mol. The Kier molecular flexibility index (Phi) is 4.48. The van der Waals surface area contributed by atoms with Gasteiger partial charge in [0.25, 0.3) is 5.78 Å². The number of hydrogen-bond acceptors (Lipinski definition) is 3. The summed E-state index contributed by atoms with van der Waals surface area (Å²) in [7, 11) is 0. The van der Waals surface area contributed by atoms with E-state index >= 15 is 0 Å². The second-order valence-corrected chi connectivity index (χ2v) is 3.52. The Morgan fingerprint density at radius 3 is 2.24 bits per heavy atom. The van der Waals surface area contributed by atoms with Crippen LogP contribution in [0.5, 0.6) is 0 Å². The van der Waals surface area contributed by atoms with Crippen LogP contribution in [-0.2, 0) is 9.59 Å². The van der Waals surface area contributed by atoms with E-state index < -0.39 is 11.8 Å². The van der Waals surface area contributed by atoms with E-state index in [-0.39, 0.29) is 5.76 Å². The van der Waals surface area contributed by atoms with Gasteiger partial charge < -0.3 is 10.2 Å². The minimum atomic E-state index is -1.54. The first-order valence-electron chi connectivity index (χ1n) is 4.61. The van der Waals surface area contributed by atoms with Crippen molar-refractivity contribution in [3.05, 3.63) is 53.1 Å². The molecule has 0 saturated carbocycles. The Bertz CT molecular complexity index is 486. The minimum absolute atomic E-state index is 0.0869. The molecule has 0 radical (unpaired) electrons. The van der Waals surface area contributed by atoms with Gasteiger partial charge in [0.15, 0.2) is 0 Å². The molecule has 1 aromatic rings. The average Bonchev–Trinajstić information content (AvgIpc) is 2.29. The molecule has 0 aliphatic rings. The van der Waals surface area contributed by atoms with Gasteiger partial charge in [-0.1, -0.05) is 17.7 Å². The number of rotatable bonds is 4. The molecule has 2 N–H and O–H groups in total. The third-order valence-corrected chi connectivity index (χ3v) is 2.10. The first-order chi connectivity index (χ1) is 8.00. The lowest BCUT2D eigenvalue weighted by atomic mass is 10.2. The minimum Gasteiger partial charge on any atom is -0.507 e. The van der Waals surface area contributed by atoms with Gasteiger partial charge in [0.2, 0.25) is 0 Å². The maximum absolute atomic E-state index is 10.7. The molecule has 0 saturated heterocycles. The molecule has 5 heteroatoms. The monoisotopic (exact) mass is 252 g/mol. The largest absolute Gasteiger partial charge is 0.507 e. The van der Waals surface area contributed by atoms with Crippen LogP contribution in [0, 0.1) is 0 Å². The van der Waals surface area contributed by atoms with Gasteiger partial charge in [0.05, 0.1) is 0 Å². The van der Waals surface area contributed by atoms with Crippen molar-refractivity contribution in [2.75, 3.05) is 0 Å². The van der Waals surface area contributed by atoms with Crippen LogP contribution >= 0.6 is 11.6 Å². The van der Waals surface area contributed by atoms with E-state index in [1.165, 1.54) is 12.2 Å². The van der Waals surface area contributed by atoms with Gasteiger partial charge in [-0.05, 0) is 36.4 Å². The fraction of sp³-hybridized carbons (Fsp3) is 0. The molecule has 4 nitrogen and oxygen atoms in total. The van der Waals surface area contributed by atoms with Crippen LogP contribution in [0.3, 0.4) is 0 Å². The molecule has 0 unspecified atom stereocenters. The highest BCUT2D eigenvalue weighted by atomic mass is 35.5. The summed E-state index contributed by atoms with van der Waals surface area (Å²) >= 11 is 5.67. The number of carboxylic acid groups (broad SMARTS) is 1. The first-order valence-corrected chi connectivity index (χ1v) is 4.99. The second kappa shape index (κ2) is 5.86. The van der Waals surface area contributed by atoms with E-state index in [1.807, 2.05) is 0 Å². The van der Waals surface area contributed by atoms with Crippen LogP contribution in [0.1, 0.15) is 5.56 Å². The lowest BCUT2D eigenvalue weighted by Gasteiger charge is -1.98. The van der Waals surface area contributed by atoms with E-state index in [4.69, 9.17) is 16.7 Å². The topological polar surface area (TPSA) is 74.6 Å². The van der Waals surface area contributed by atoms with Gasteiger partial charge in [-0.25, -0.2) is 4.79 Å². The fourth-order valence-electron chi connectivity index (χ4n) is 1.01. The summed E-state index contributed by atoms with van der Waals surface area (Å²) in [5, 5.41) is 18.4. The highest BCUT2D eigenvalue weighted by molar-refractivity contribution is 6.37. The molecule has 0 atom stereocenters. The zero-order valence-electron chi connectivity index (χ0n) is 8.63. The number of allylic oxidation sites excluding steroid dienone is 2. The quantitative estimate of drug-likeness (QED) is 0.374. The second-order valence-electron chi connectivity index (χ2n) is 3.09. The summed E-state index contributed by atoms with van der Waals surface area (Å²) in [5.41, 5.74) is 0.516. The van der Waals surface area contributed by atoms with Crippen molar-refractivity contribution < 1.29 is 19.8 Å². The third-order valence-electron chi connectivity index (χ3n) is 1.85. The van der Waals surface area contributed by atoms with E-state index in [9.17, 15) is 14.7 Å². The summed E-state index contributed by atoms with van der Waals surface area (Å²) < 4.78 is 0. The van der Waals surface area contributed by atoms with Crippen molar-refractivity contribution in [3.63, 3.8) is 0 Å². The first kappa shape index (κ1) is 13.0. The van der Waals surface area contributed by atoms with Gasteiger partial charge in [0.1, 0.15) is 5.76 Å². The van der Waals surface area contributed by atoms with Gasteiger partial charge in [-0.3, -0.25) is 4.79 Å². The summed E-state index contributed by atoms with van der Waals surface area (Å²) in [6.07, 6.45) is 3.25. The highest BCUT2D eigenvalue weighted by Crippen LogP contribution is 2.15. The molecule has 0 aromatic heterocycles. The number of benzene rings is 1. The molecule has 0 aliphatic carbocycles. The fourth-order valence-corrected chi connectivity index (χ4v) is 1.14. The SMILES string of the molecule is O=C(O)C(=O)/C=C\C=C(/O)c1ccc(Cl)cc1. The van der Waals surface area contributed by atoms with Crippen LogP contribution in [0.15, 0.2) is 42.5 Å². The number of aliphatic hydroxyl groups is 1. The summed E-state index contributed by atoms with van der Waals surface area (Å²) in [5.74, 6) is -2.68. The number of carboxylic acids is 1. The van der Waals surface area contributed by atoms with Crippen LogP contribution in [0.4, 0.5) is 0 Å². The normalized spacial score (nSPS) is 11.7. The number of carbonyl (C=O) groups is 2. The summed E-state index contributed by atoms with van der Waals surface area (Å²) in [4.78, 5) is 20.9. The smallest absolute Gasteiger partial charge is 0.376 e. The number of hydrogen-bond donors (Lipinski definition) is 2. The molecule has 0 fully saturated rings. The number of carbonyl (C=O) groups excluding carboxylic acids is 1. The predicted molar refractivity (Wildman–Crippen MR) is 63.8 cm³/mol. The Morgan fingerprint density at radius 1 is 1.12 bits per heavy atom. The van der Waals surface area contributed by atoms with Crippen LogP contribution in [0.25, 0.3) is 5.76 Å². The van der Waals surface area contributed by atoms with Crippen LogP contribution in [0.2, 0.25) is 5.02 Å². The molecule has 17 heavy (non-hydrogen) atoms. The molecule has 0 bridgehead atoms. The Balaban J connectivity index is 2.76. The number of aliphatic carboxylic acids is 1. The van der Waals surface area contributed by atoms with Crippen molar-refractivity contribution in [1.29, 1.82) is 0 Å². The number of halogens is 1. The maximum atomic E-state index is 10.7. The Hall–Kier alpha value is -2.07. The van der Waals surface area contributed by atoms with Crippen LogP contribution < -0.4 is 0 Å². The zero-order chi connectivity index (χ0) is 12.8. The van der Waals surface area contributed by atoms with Gasteiger partial charge in [-0.2, -0.15) is 0 Å². The Labute approximate surface area is 102 Å². The number of aliphatic hydroxyl groups excluding tert-OH is 1. The third kappa shape index (κ3) is 4.12. The summed E-state index contributed by atoms with van der Waals surface area (Å²) in [6.45, 7) is 0. The van der Waals surface area contributed by atoms with Crippen molar-refractivity contribution >= 4 is 29.1 Å². The lowest BCUT2D eigenvalue weighted by Crippen LogP contribution is -2.08. The molecule has 1 aromatic carbocycles. The van der Waals surface area contributed by atoms with E-state index in [2.05, 4.69) is 0 Å². The molecule has 0 heterocycles. The standard InChI is InChI=1S/C12H9ClO4/c13-9-6-4-8(5-7-9)10(14)2-1-3-11(15)12(16)17/h1-7,14H,(H,16,17)/b3-1-,10-2-. The van der Waals surface area contributed by atoms with Crippen LogP contribution in [-0.4, -0.2) is 22.0 Å². The van der Waals surface area contributed by atoms with E-state index in [0.29, 0.717) is 10.6 Å². The van der Waals surface area contributed by atoms with Crippen molar-refractivity contribution in [2.45, 2.75) is 0 Å². The van der Waals surface area contributed by atoms with Crippen molar-refractivity contribution in [3.8, 4) is 0 Å². The van der Waals surface area contributed by atoms with E-state index in [0.717, 1.165) is 6.08 Å². The maximum Gasteiger partial charge on any atom is 0.376 e. The highest BCUT2D eigenvalue weighted by Gasteiger charge is 2.04. The number of ketones is 1. The average molecular weight is 253 g/mol. The van der Waals surface area contributed by atoms with Crippen molar-refractivity contribution in [2.24, 2.45) is 0 Å². The Morgan fingerprint density at radius 2 is 1.71 bits per heavy atom. The summed E-state index contributed by atoms with van der Waals surface area (Å²) in [6, 6.07) is 6.40. The molecule has 88 valence electrons. The predicted octanol–water partition coefficient (Wildman–Crippen LogP) is 2.45. The molecule has 0 spiro atoms. The van der Waals surface area contributed by atoms with Gasteiger partial charge >= 0.3 is 5.97 Å². The molecular formula is C12H9ClO4. The van der Waals surface area contributed by atoms with Gasteiger partial charge in [-0.15, -0.1) is 0 Å². The van der Waals surface area contributed by atoms with Gasteiger partial charge in [0, 0.05) is 10.6 Å².